The third-order valence-electron chi connectivity index (χ3n) is 1.64. The normalized spacial score (nSPS) is 12.0. The first-order chi connectivity index (χ1) is 6.75. The summed E-state index contributed by atoms with van der Waals surface area (Å²) < 4.78 is 46.6. The molecule has 6 N–H and O–H groups in total. The number of hydrogen-bond donors (Lipinski definition) is 3. The average Bonchev–Trinajstić information content (AvgIpc) is 2.00. The Bertz CT molecular complexity index is 488. The topological polar surface area (TPSA) is 125 Å². The maximum atomic E-state index is 12.4. The molecule has 1 rings (SSSR count). The van der Waals surface area contributed by atoms with Gasteiger partial charge in [-0.3, -0.25) is 0 Å². The molecular formula is C6H8F2N4O2S. The van der Waals surface area contributed by atoms with Gasteiger partial charge in [-0.2, -0.15) is 0 Å². The van der Waals surface area contributed by atoms with Crippen LogP contribution in [0, 0.1) is 0 Å². The number of nitrogens with two attached hydrogens (primary N) is 3. The van der Waals surface area contributed by atoms with Crippen LogP contribution in [0.25, 0.3) is 0 Å². The number of rotatable bonds is 2. The Balaban J connectivity index is 3.56. The summed E-state index contributed by atoms with van der Waals surface area (Å²) in [5, 5.41) is 3.92. The number of sulfonamides is 1. The second kappa shape index (κ2) is 3.59. The van der Waals surface area contributed by atoms with Crippen molar-refractivity contribution in [3.63, 3.8) is 0 Å². The van der Waals surface area contributed by atoms with Crippen LogP contribution >= 0.6 is 0 Å². The molecule has 0 amide bonds. The zero-order valence-corrected chi connectivity index (χ0v) is 8.13. The Labute approximate surface area is 84.1 Å². The van der Waals surface area contributed by atoms with Crippen molar-refractivity contribution in [1.29, 1.82) is 0 Å². The molecule has 0 unspecified atom stereocenters. The van der Waals surface area contributed by atoms with Gasteiger partial charge in [0.2, 0.25) is 0 Å². The number of halogens is 2. The van der Waals surface area contributed by atoms with Crippen molar-refractivity contribution in [2.45, 2.75) is 11.5 Å². The number of primary sulfonamides is 1. The van der Waals surface area contributed by atoms with Gasteiger partial charge in [0.05, 0.1) is 23.1 Å². The molecule has 15 heavy (non-hydrogen) atoms. The second-order valence-corrected chi connectivity index (χ2v) is 4.17. The van der Waals surface area contributed by atoms with E-state index in [4.69, 9.17) is 16.6 Å². The van der Waals surface area contributed by atoms with Crippen LogP contribution < -0.4 is 16.6 Å². The van der Waals surface area contributed by atoms with E-state index in [0.717, 1.165) is 6.20 Å². The summed E-state index contributed by atoms with van der Waals surface area (Å²) in [6.45, 7) is 0. The lowest BCUT2D eigenvalue weighted by atomic mass is 10.2. The highest BCUT2D eigenvalue weighted by Gasteiger charge is 2.23. The zero-order chi connectivity index (χ0) is 11.8. The Hall–Kier alpha value is -1.48. The molecule has 0 radical (unpaired) electrons. The quantitative estimate of drug-likeness (QED) is 0.659. The number of hydrogen-bond acceptors (Lipinski definition) is 5. The van der Waals surface area contributed by atoms with Gasteiger partial charge < -0.3 is 11.5 Å². The minimum Gasteiger partial charge on any atom is -0.397 e. The molecule has 1 aromatic rings. The lowest BCUT2D eigenvalue weighted by Crippen LogP contribution is -2.18. The van der Waals surface area contributed by atoms with Gasteiger partial charge in [0, 0.05) is 0 Å². The average molecular weight is 238 g/mol. The molecule has 0 aliphatic rings. The Morgan fingerprint density at radius 3 is 2.27 bits per heavy atom. The Morgan fingerprint density at radius 1 is 1.33 bits per heavy atom. The van der Waals surface area contributed by atoms with Crippen molar-refractivity contribution in [2.75, 3.05) is 11.5 Å². The van der Waals surface area contributed by atoms with E-state index in [1.165, 1.54) is 0 Å². The molecule has 0 saturated heterocycles. The van der Waals surface area contributed by atoms with Crippen LogP contribution in [0.2, 0.25) is 0 Å². The van der Waals surface area contributed by atoms with E-state index >= 15 is 0 Å². The third-order valence-corrected chi connectivity index (χ3v) is 2.50. The molecular weight excluding hydrogens is 230 g/mol. The third kappa shape index (κ3) is 2.13. The van der Waals surface area contributed by atoms with E-state index in [1.807, 2.05) is 0 Å². The number of anilines is 2. The van der Waals surface area contributed by atoms with Crippen molar-refractivity contribution < 1.29 is 17.2 Å². The van der Waals surface area contributed by atoms with Gasteiger partial charge in [-0.15, -0.1) is 0 Å². The van der Waals surface area contributed by atoms with Gasteiger partial charge in [0.1, 0.15) is 0 Å². The van der Waals surface area contributed by atoms with E-state index in [1.54, 1.807) is 0 Å². The molecule has 0 saturated carbocycles. The summed E-state index contributed by atoms with van der Waals surface area (Å²) in [7, 11) is -4.23. The summed E-state index contributed by atoms with van der Waals surface area (Å²) >= 11 is 0. The number of aromatic nitrogens is 1. The molecule has 84 valence electrons. The molecule has 0 aliphatic carbocycles. The molecule has 0 aromatic carbocycles. The number of alkyl halides is 2. The van der Waals surface area contributed by atoms with Crippen molar-refractivity contribution >= 4 is 21.4 Å². The van der Waals surface area contributed by atoms with Gasteiger partial charge in [-0.25, -0.2) is 27.3 Å². The predicted molar refractivity (Wildman–Crippen MR) is 49.4 cm³/mol. The molecule has 0 aliphatic heterocycles. The lowest BCUT2D eigenvalue weighted by Gasteiger charge is -2.10. The highest BCUT2D eigenvalue weighted by atomic mass is 32.2. The number of pyridine rings is 1. The molecule has 0 spiro atoms. The van der Waals surface area contributed by atoms with E-state index in [0.29, 0.717) is 0 Å². The van der Waals surface area contributed by atoms with Crippen LogP contribution in [0.5, 0.6) is 0 Å². The van der Waals surface area contributed by atoms with Crippen LogP contribution in [0.15, 0.2) is 11.2 Å². The molecule has 9 heteroatoms. The highest BCUT2D eigenvalue weighted by molar-refractivity contribution is 7.89. The molecule has 0 atom stereocenters. The molecule has 0 bridgehead atoms. The maximum absolute atomic E-state index is 12.4. The van der Waals surface area contributed by atoms with Crippen molar-refractivity contribution in [1.82, 2.24) is 4.98 Å². The van der Waals surface area contributed by atoms with E-state index < -0.39 is 32.7 Å². The van der Waals surface area contributed by atoms with Gasteiger partial charge in [-0.05, 0) is 0 Å². The molecule has 6 nitrogen and oxygen atoms in total. The largest absolute Gasteiger partial charge is 0.397 e. The second-order valence-electron chi connectivity index (χ2n) is 2.69. The zero-order valence-electron chi connectivity index (χ0n) is 7.31. The first-order valence-electron chi connectivity index (χ1n) is 3.60. The highest BCUT2D eigenvalue weighted by Crippen LogP contribution is 2.32. The van der Waals surface area contributed by atoms with E-state index in [9.17, 15) is 17.2 Å². The summed E-state index contributed by atoms with van der Waals surface area (Å²) in [6, 6.07) is 0. The summed E-state index contributed by atoms with van der Waals surface area (Å²) in [6.07, 6.45) is -2.22. The fourth-order valence-corrected chi connectivity index (χ4v) is 1.62. The smallest absolute Gasteiger partial charge is 0.267 e. The summed E-state index contributed by atoms with van der Waals surface area (Å²) in [4.78, 5) is 3.30. The van der Waals surface area contributed by atoms with Gasteiger partial charge in [0.25, 0.3) is 16.4 Å². The van der Waals surface area contributed by atoms with E-state index in [-0.39, 0.29) is 5.69 Å². The van der Waals surface area contributed by atoms with Crippen molar-refractivity contribution in [2.24, 2.45) is 5.14 Å². The maximum Gasteiger partial charge on any atom is 0.267 e. The monoisotopic (exact) mass is 238 g/mol. The first-order valence-corrected chi connectivity index (χ1v) is 5.14. The molecule has 1 heterocycles. The first kappa shape index (κ1) is 11.6. The van der Waals surface area contributed by atoms with Crippen LogP contribution in [-0.4, -0.2) is 13.4 Å². The van der Waals surface area contributed by atoms with Crippen molar-refractivity contribution in [3.05, 3.63) is 11.8 Å². The minimum absolute atomic E-state index is 0.380. The summed E-state index contributed by atoms with van der Waals surface area (Å²) in [5.74, 6) is 0. The Morgan fingerprint density at radius 2 is 1.87 bits per heavy atom. The van der Waals surface area contributed by atoms with Crippen LogP contribution in [0.3, 0.4) is 0 Å². The van der Waals surface area contributed by atoms with Crippen LogP contribution in [0.4, 0.5) is 20.2 Å². The lowest BCUT2D eigenvalue weighted by molar-refractivity contribution is 0.152. The predicted octanol–water partition coefficient (Wildman–Crippen LogP) is -0.169. The molecule has 1 aromatic heterocycles. The van der Waals surface area contributed by atoms with E-state index in [2.05, 4.69) is 4.98 Å². The molecule has 0 fully saturated rings. The fraction of sp³-hybridized carbons (Fsp3) is 0.167. The standard InChI is InChI=1S/C6H8F2N4O2S/c7-5(8)3-2(9)1-12-6(4(3)10)15(11,13)14/h1,5H,9-10H2,(H2,11,13,14). The Kier molecular flexibility index (Phi) is 2.77. The fourth-order valence-electron chi connectivity index (χ4n) is 1.01. The van der Waals surface area contributed by atoms with Gasteiger partial charge >= 0.3 is 0 Å². The minimum atomic E-state index is -4.23. The van der Waals surface area contributed by atoms with Gasteiger partial charge in [-0.1, -0.05) is 0 Å². The SMILES string of the molecule is Nc1cnc(S(N)(=O)=O)c(N)c1C(F)F. The van der Waals surface area contributed by atoms with Crippen LogP contribution in [-0.2, 0) is 10.0 Å². The van der Waals surface area contributed by atoms with Crippen molar-refractivity contribution in [3.8, 4) is 0 Å². The van der Waals surface area contributed by atoms with Crippen LogP contribution in [0.1, 0.15) is 12.0 Å². The summed E-state index contributed by atoms with van der Waals surface area (Å²) in [5.41, 5.74) is 8.50. The van der Waals surface area contributed by atoms with Gasteiger partial charge in [0.15, 0.2) is 5.03 Å². The number of nitrogens with zero attached hydrogens (tertiary/aromatic N) is 1. The number of nitrogen functional groups attached to an aromatic ring is 2.